The maximum absolute atomic E-state index is 12.1. The first-order chi connectivity index (χ1) is 9.25. The molecule has 2 N–H and O–H groups in total. The zero-order valence-corrected chi connectivity index (χ0v) is 14.6. The van der Waals surface area contributed by atoms with Crippen molar-refractivity contribution in [1.82, 2.24) is 14.3 Å². The van der Waals surface area contributed by atoms with Gasteiger partial charge in [0.05, 0.1) is 0 Å². The van der Waals surface area contributed by atoms with Crippen molar-refractivity contribution in [2.24, 2.45) is 5.41 Å². The van der Waals surface area contributed by atoms with Gasteiger partial charge >= 0.3 is 0 Å². The lowest BCUT2D eigenvalue weighted by molar-refractivity contribution is 0.316. The van der Waals surface area contributed by atoms with Crippen LogP contribution in [0.1, 0.15) is 52.9 Å². The molecule has 0 aliphatic carbocycles. The van der Waals surface area contributed by atoms with Gasteiger partial charge in [-0.25, -0.2) is 4.72 Å². The Morgan fingerprint density at radius 1 is 1.15 bits per heavy atom. The van der Waals surface area contributed by atoms with Gasteiger partial charge in [0.2, 0.25) is 0 Å². The summed E-state index contributed by atoms with van der Waals surface area (Å²) in [5.74, 6) is 0. The van der Waals surface area contributed by atoms with Crippen LogP contribution in [0.2, 0.25) is 0 Å². The fraction of sp³-hybridized carbons (Fsp3) is 1.00. The van der Waals surface area contributed by atoms with E-state index < -0.39 is 10.2 Å². The second-order valence-corrected chi connectivity index (χ2v) is 8.09. The first kappa shape index (κ1) is 19.8. The first-order valence-corrected chi connectivity index (χ1v) is 9.04. The summed E-state index contributed by atoms with van der Waals surface area (Å²) in [6.07, 6.45) is 5.42. The van der Waals surface area contributed by atoms with Gasteiger partial charge in [0.1, 0.15) is 0 Å². The molecule has 0 unspecified atom stereocenters. The second kappa shape index (κ2) is 9.71. The predicted octanol–water partition coefficient (Wildman–Crippen LogP) is 1.97. The highest BCUT2D eigenvalue weighted by Gasteiger charge is 2.23. The van der Waals surface area contributed by atoms with Crippen molar-refractivity contribution in [2.45, 2.75) is 52.9 Å². The van der Waals surface area contributed by atoms with E-state index in [0.717, 1.165) is 25.8 Å². The maximum Gasteiger partial charge on any atom is 0.279 e. The van der Waals surface area contributed by atoms with Crippen molar-refractivity contribution in [2.75, 3.05) is 33.7 Å². The minimum atomic E-state index is -3.35. The van der Waals surface area contributed by atoms with Gasteiger partial charge in [0.25, 0.3) is 10.2 Å². The Morgan fingerprint density at radius 2 is 1.80 bits per heavy atom. The monoisotopic (exact) mass is 307 g/mol. The molecule has 6 heteroatoms. The van der Waals surface area contributed by atoms with E-state index in [1.54, 1.807) is 7.05 Å². The highest BCUT2D eigenvalue weighted by molar-refractivity contribution is 7.87. The van der Waals surface area contributed by atoms with Crippen LogP contribution in [-0.4, -0.2) is 46.5 Å². The van der Waals surface area contributed by atoms with Gasteiger partial charge in [-0.3, -0.25) is 0 Å². The van der Waals surface area contributed by atoms with Crippen LogP contribution < -0.4 is 10.0 Å². The minimum absolute atomic E-state index is 0.00799. The van der Waals surface area contributed by atoms with E-state index >= 15 is 0 Å². The Kier molecular flexibility index (Phi) is 9.63. The average molecular weight is 308 g/mol. The number of hydrogen-bond donors (Lipinski definition) is 2. The molecule has 5 nitrogen and oxygen atoms in total. The lowest BCUT2D eigenvalue weighted by Gasteiger charge is -2.26. The molecule has 0 atom stereocenters. The molecule has 0 aliphatic rings. The molecule has 0 aromatic carbocycles. The first-order valence-electron chi connectivity index (χ1n) is 7.60. The predicted molar refractivity (Wildman–Crippen MR) is 86.0 cm³/mol. The summed E-state index contributed by atoms with van der Waals surface area (Å²) in [5, 5.41) is 3.02. The Balaban J connectivity index is 4.18. The van der Waals surface area contributed by atoms with Crippen LogP contribution in [0.5, 0.6) is 0 Å². The van der Waals surface area contributed by atoms with E-state index in [1.807, 2.05) is 7.05 Å². The van der Waals surface area contributed by atoms with Crippen LogP contribution >= 0.6 is 0 Å². The Morgan fingerprint density at radius 3 is 2.35 bits per heavy atom. The van der Waals surface area contributed by atoms with Gasteiger partial charge in [-0.2, -0.15) is 12.7 Å². The van der Waals surface area contributed by atoms with Crippen LogP contribution in [0.15, 0.2) is 0 Å². The standard InChI is InChI=1S/C14H33N3O2S/c1-6-7-8-10-14(2,3)13-16-20(18,19)17(5)12-9-11-15-4/h15-16H,6-13H2,1-5H3. The van der Waals surface area contributed by atoms with E-state index in [9.17, 15) is 8.42 Å². The van der Waals surface area contributed by atoms with Crippen molar-refractivity contribution in [3.63, 3.8) is 0 Å². The maximum atomic E-state index is 12.1. The average Bonchev–Trinajstić information content (AvgIpc) is 2.37. The molecule has 0 radical (unpaired) electrons. The summed E-state index contributed by atoms with van der Waals surface area (Å²) in [5.41, 5.74) is 0.00799. The molecule has 0 heterocycles. The minimum Gasteiger partial charge on any atom is -0.320 e. The van der Waals surface area contributed by atoms with Gasteiger partial charge in [-0.05, 0) is 31.8 Å². The van der Waals surface area contributed by atoms with Crippen LogP contribution in [0.25, 0.3) is 0 Å². The van der Waals surface area contributed by atoms with Crippen LogP contribution in [-0.2, 0) is 10.2 Å². The topological polar surface area (TPSA) is 61.4 Å². The zero-order valence-electron chi connectivity index (χ0n) is 13.8. The summed E-state index contributed by atoms with van der Waals surface area (Å²) in [7, 11) is 0.145. The lowest BCUT2D eigenvalue weighted by Crippen LogP contribution is -2.43. The van der Waals surface area contributed by atoms with Gasteiger partial charge in [0, 0.05) is 20.1 Å². The number of rotatable bonds is 12. The van der Waals surface area contributed by atoms with E-state index in [-0.39, 0.29) is 5.41 Å². The third kappa shape index (κ3) is 8.89. The van der Waals surface area contributed by atoms with E-state index in [1.165, 1.54) is 17.1 Å². The number of hydrogen-bond acceptors (Lipinski definition) is 3. The highest BCUT2D eigenvalue weighted by Crippen LogP contribution is 2.23. The molecule has 0 aromatic heterocycles. The number of nitrogens with one attached hydrogen (secondary N) is 2. The van der Waals surface area contributed by atoms with Crippen molar-refractivity contribution in [3.8, 4) is 0 Å². The van der Waals surface area contributed by atoms with E-state index in [4.69, 9.17) is 0 Å². The molecule has 0 saturated carbocycles. The normalized spacial score (nSPS) is 13.1. The molecule has 0 aromatic rings. The van der Waals surface area contributed by atoms with Crippen LogP contribution in [0.4, 0.5) is 0 Å². The highest BCUT2D eigenvalue weighted by atomic mass is 32.2. The largest absolute Gasteiger partial charge is 0.320 e. The van der Waals surface area contributed by atoms with Gasteiger partial charge in [-0.15, -0.1) is 0 Å². The molecule has 122 valence electrons. The molecule has 20 heavy (non-hydrogen) atoms. The van der Waals surface area contributed by atoms with Gasteiger partial charge < -0.3 is 5.32 Å². The molecule has 0 aliphatic heterocycles. The Hall–Kier alpha value is -0.170. The van der Waals surface area contributed by atoms with Crippen molar-refractivity contribution in [3.05, 3.63) is 0 Å². The second-order valence-electron chi connectivity index (χ2n) is 6.23. The fourth-order valence-electron chi connectivity index (χ4n) is 1.94. The smallest absolute Gasteiger partial charge is 0.279 e. The zero-order chi connectivity index (χ0) is 15.6. The molecule has 0 rings (SSSR count). The summed E-state index contributed by atoms with van der Waals surface area (Å²) in [6.45, 7) is 8.26. The van der Waals surface area contributed by atoms with Crippen molar-refractivity contribution < 1.29 is 8.42 Å². The van der Waals surface area contributed by atoms with E-state index in [0.29, 0.717) is 13.1 Å². The summed E-state index contributed by atoms with van der Waals surface area (Å²) in [4.78, 5) is 0. The Labute approximate surface area is 125 Å². The summed E-state index contributed by atoms with van der Waals surface area (Å²) < 4.78 is 28.3. The molecule has 0 bridgehead atoms. The molecule has 0 saturated heterocycles. The Bertz CT molecular complexity index is 342. The van der Waals surface area contributed by atoms with Gasteiger partial charge in [-0.1, -0.05) is 40.0 Å². The summed E-state index contributed by atoms with van der Waals surface area (Å²) in [6, 6.07) is 0. The fourth-order valence-corrected chi connectivity index (χ4v) is 3.10. The third-order valence-corrected chi connectivity index (χ3v) is 5.01. The number of nitrogens with zero attached hydrogens (tertiary/aromatic N) is 1. The summed E-state index contributed by atoms with van der Waals surface area (Å²) >= 11 is 0. The van der Waals surface area contributed by atoms with Crippen molar-refractivity contribution in [1.29, 1.82) is 0 Å². The van der Waals surface area contributed by atoms with Crippen LogP contribution in [0.3, 0.4) is 0 Å². The third-order valence-electron chi connectivity index (χ3n) is 3.50. The number of unbranched alkanes of at least 4 members (excludes halogenated alkanes) is 2. The molecule has 0 amide bonds. The lowest BCUT2D eigenvalue weighted by atomic mass is 9.87. The molecule has 0 spiro atoms. The molecular formula is C14H33N3O2S. The quantitative estimate of drug-likeness (QED) is 0.542. The van der Waals surface area contributed by atoms with Crippen molar-refractivity contribution >= 4 is 10.2 Å². The molecule has 0 fully saturated rings. The van der Waals surface area contributed by atoms with Gasteiger partial charge in [0.15, 0.2) is 0 Å². The SMILES string of the molecule is CCCCCC(C)(C)CNS(=O)(=O)N(C)CCCNC. The van der Waals surface area contributed by atoms with Crippen LogP contribution in [0, 0.1) is 5.41 Å². The molecular weight excluding hydrogens is 274 g/mol. The van der Waals surface area contributed by atoms with E-state index in [2.05, 4.69) is 30.8 Å².